The fourth-order valence-corrected chi connectivity index (χ4v) is 11.2. The van der Waals surface area contributed by atoms with E-state index in [1.807, 2.05) is 24.3 Å². The maximum Gasteiger partial charge on any atom is 2.00 e. The fourth-order valence-electron chi connectivity index (χ4n) is 11.2. The van der Waals surface area contributed by atoms with E-state index in [0.29, 0.717) is 0 Å². The number of ketones is 2. The summed E-state index contributed by atoms with van der Waals surface area (Å²) < 4.78 is 62.7. The minimum absolute atomic E-state index is 0. The van der Waals surface area contributed by atoms with Crippen molar-refractivity contribution in [2.24, 2.45) is 16.2 Å². The monoisotopic (exact) mass is 2050 g/mol. The van der Waals surface area contributed by atoms with Crippen molar-refractivity contribution in [3.05, 3.63) is 219 Å². The van der Waals surface area contributed by atoms with Crippen LogP contribution in [0.3, 0.4) is 0 Å². The van der Waals surface area contributed by atoms with E-state index in [0.717, 1.165) is 114 Å². The molecule has 0 N–H and O–H groups in total. The first-order valence-corrected chi connectivity index (χ1v) is 44.9. The average Bonchev–Trinajstić information content (AvgIpc) is 1.61. The Morgan fingerprint density at radius 3 is 0.848 bits per heavy atom. The van der Waals surface area contributed by atoms with Gasteiger partial charge in [-0.25, -0.2) is 29.1 Å². The van der Waals surface area contributed by atoms with Gasteiger partial charge in [0.25, 0.3) is 0 Å². The van der Waals surface area contributed by atoms with Gasteiger partial charge in [0, 0.05) is 80.8 Å². The molecule has 0 saturated carbocycles. The molecule has 2 unspecified atom stereocenters. The normalized spacial score (nSPS) is 11.6. The van der Waals surface area contributed by atoms with Gasteiger partial charge < -0.3 is 57.3 Å². The number of carbonyl (C=O) groups is 12. The zero-order chi connectivity index (χ0) is 93.1. The summed E-state index contributed by atoms with van der Waals surface area (Å²) in [6.07, 6.45) is 11.5. The molecule has 0 spiro atoms. The van der Waals surface area contributed by atoms with E-state index in [9.17, 15) is 57.5 Å². The van der Waals surface area contributed by atoms with Crippen molar-refractivity contribution in [2.45, 2.75) is 126 Å². The van der Waals surface area contributed by atoms with Crippen molar-refractivity contribution in [3.8, 4) is 44.5 Å². The minimum atomic E-state index is -1.80. The molecule has 2 aliphatic rings. The van der Waals surface area contributed by atoms with Crippen molar-refractivity contribution in [2.75, 3.05) is 52.9 Å². The van der Waals surface area contributed by atoms with E-state index in [1.165, 1.54) is 20.8 Å². The summed E-state index contributed by atoms with van der Waals surface area (Å²) >= 11 is 4.18. The van der Waals surface area contributed by atoms with Crippen LogP contribution in [0.15, 0.2) is 196 Å². The van der Waals surface area contributed by atoms with Gasteiger partial charge in [-0.15, -0.1) is 22.1 Å². The smallest absolute Gasteiger partial charge is 2.00 e. The fraction of sp³-hybridized carbons (Fsp3) is 0.319. The zero-order valence-electron chi connectivity index (χ0n) is 73.9. The van der Waals surface area contributed by atoms with Gasteiger partial charge in [0.1, 0.15) is 98.3 Å². The van der Waals surface area contributed by atoms with Gasteiger partial charge in [-0.3, -0.25) is 38.4 Å². The van der Waals surface area contributed by atoms with E-state index >= 15 is 0 Å². The second-order valence-electron chi connectivity index (χ2n) is 29.8. The molecule has 0 saturated heterocycles. The molecule has 1 radical (unpaired) electrons. The number of carbonyl (C=O) groups excluding carboxylic acids is 12. The molecule has 5 heterocycles. The standard InChI is InChI=1S/C44H28N4.C25H40O11.C17H20O8.C8H14O3.2Co.I2.H3P.2H/c1-5-13-29(14-6-1)41-33-21-23-35(45-33)42(30-15-7-2-8-16-30)37-25-27-39(47-37)44(32-19-11-4-12-20-32)40-28-26-38(48-40)43(31-17-9-3-10-18-31)36-24-22-34(41)46-36;1-9-18(27)32-13-25(14-33-19(28)10-2,15-34-20(29)11-3)16-35-21(30)12-24(8,17(4)26)22(31)36-23(5,6)7;1-5-13(18)22-9-17(10-23-14(19)6-2,11-24-15(20)7-3)12-25-16(21)8-4;1-6(9)5-7(10)11-8(2,3)4;;;1-2;;;/h1-28H;9-16H2,1-8H3;5-8H,1-4,9-12H2;5H2,1-4H3;;;;1H3;;/q-2;;;;;+2;;;;/i;;;;;;;;2*1+2. The van der Waals surface area contributed by atoms with Crippen LogP contribution in [-0.2, 0) is 138 Å². The molecule has 0 fully saturated rings. The largest absolute Gasteiger partial charge is 2.00 e. The Morgan fingerprint density at radius 2 is 0.632 bits per heavy atom. The van der Waals surface area contributed by atoms with Crippen molar-refractivity contribution < 1.29 is 138 Å². The second-order valence-corrected chi connectivity index (χ2v) is 29.8. The number of rotatable bonds is 33. The molecule has 7 aromatic rings. The van der Waals surface area contributed by atoms with E-state index in [1.54, 1.807) is 62.3 Å². The molecule has 26 nitrogen and oxygen atoms in total. The maximum atomic E-state index is 12.8. The summed E-state index contributed by atoms with van der Waals surface area (Å²) in [6, 6.07) is 50.0. The van der Waals surface area contributed by atoms with Crippen LogP contribution < -0.4 is 9.97 Å². The van der Waals surface area contributed by atoms with Crippen molar-refractivity contribution in [3.63, 3.8) is 0 Å². The third kappa shape index (κ3) is 35.7. The van der Waals surface area contributed by atoms with Crippen LogP contribution in [0.25, 0.3) is 90.9 Å². The Morgan fingerprint density at radius 1 is 0.392 bits per heavy atom. The van der Waals surface area contributed by atoms with Crippen LogP contribution in [0.4, 0.5) is 0 Å². The molecule has 4 aromatic carbocycles. The number of fused-ring (bicyclic) bond motifs is 8. The zero-order valence-corrected chi connectivity index (χ0v) is 79.7. The molecule has 8 bridgehead atoms. The Bertz CT molecular complexity index is 4670. The summed E-state index contributed by atoms with van der Waals surface area (Å²) in [7, 11) is 0. The molecule has 0 aliphatic carbocycles. The summed E-state index contributed by atoms with van der Waals surface area (Å²) in [6.45, 7) is 28.6. The van der Waals surface area contributed by atoms with Gasteiger partial charge in [0.2, 0.25) is 0 Å². The third-order valence-electron chi connectivity index (χ3n) is 17.6. The van der Waals surface area contributed by atoms with Crippen LogP contribution in [0.2, 0.25) is 0 Å². The van der Waals surface area contributed by atoms with E-state index in [-0.39, 0.29) is 121 Å². The molecular formula is C94H107Co2I2N4O22P. The van der Waals surface area contributed by atoms with Crippen LogP contribution in [0.1, 0.15) is 138 Å². The van der Waals surface area contributed by atoms with Crippen molar-refractivity contribution in [1.29, 1.82) is 1.94 Å². The summed E-state index contributed by atoms with van der Waals surface area (Å²) in [5.41, 5.74) is 9.10. The van der Waals surface area contributed by atoms with Crippen LogP contribution in [-0.4, -0.2) is 147 Å². The van der Waals surface area contributed by atoms with Gasteiger partial charge in [0.05, 0.1) is 29.2 Å². The number of hydrogen-bond donors (Lipinski definition) is 0. The first-order chi connectivity index (χ1) is 59.4. The number of nitrogens with zero attached hydrogens (tertiary/aromatic N) is 4. The van der Waals surface area contributed by atoms with Gasteiger partial charge in [-0.1, -0.05) is 193 Å². The molecule has 0 amide bonds. The summed E-state index contributed by atoms with van der Waals surface area (Å²) in [5, 5.41) is 0. The number of benzene rings is 4. The summed E-state index contributed by atoms with van der Waals surface area (Å²) in [4.78, 5) is 161. The minimum Gasteiger partial charge on any atom is 2.00 e. The Balaban J connectivity index is 0.000000614. The summed E-state index contributed by atoms with van der Waals surface area (Å²) in [5.74, 6) is -7.75. The predicted molar refractivity (Wildman–Crippen MR) is 495 cm³/mol. The number of ether oxygens (including phenoxy) is 10. The van der Waals surface area contributed by atoms with Crippen LogP contribution in [0.5, 0.6) is 0 Å². The number of halogens is 2. The maximum absolute atomic E-state index is 12.8. The predicted octanol–water partition coefficient (Wildman–Crippen LogP) is 16.8. The van der Waals surface area contributed by atoms with Crippen LogP contribution >= 0.6 is 47.1 Å². The average molecular weight is 2050 g/mol. The van der Waals surface area contributed by atoms with Gasteiger partial charge >= 0.3 is 94.9 Å². The van der Waals surface area contributed by atoms with Gasteiger partial charge in [0.15, 0.2) is 0 Å². The van der Waals surface area contributed by atoms with Crippen molar-refractivity contribution >= 4 is 165 Å². The quantitative estimate of drug-likeness (QED) is 0.00920. The molecule has 3 aromatic heterocycles. The first-order valence-electron chi connectivity index (χ1n) is 39.3. The Hall–Kier alpha value is -10.6. The SMILES string of the molecule is C1=Cc2nc1c(-c1ccccc1)c1ccc([n-]1)c(-c1ccccc1)c1nc(c(-c3ccccc3)c3ccc([n-]3)c2-c2ccccc2)C=C1.C=CC(=O)OCC(COC(=O)C=C)(COC(=O)C=C)COC(=O)C=C.CC(=O)CC(=O)OC(C)(C)C.CCC(=O)OCC(COC(=O)CC)(COC(=O)CC)COC(=O)CC(C)(C(C)=O)C(=O)OC(C)(C)C.II.P.[3H][Co][3H].[Co+2]. The third-order valence-corrected chi connectivity index (χ3v) is 17.6. The van der Waals surface area contributed by atoms with Crippen molar-refractivity contribution in [1.82, 2.24) is 19.9 Å². The molecule has 125 heavy (non-hydrogen) atoms. The van der Waals surface area contributed by atoms with Gasteiger partial charge in [-0.2, -0.15) is 9.90 Å². The molecule has 2 aliphatic heterocycles. The Kier molecular flexibility index (Phi) is 46.4. The molecule has 672 valence electrons. The molecule has 9 rings (SSSR count). The molecular weight excluding hydrogens is 1940 g/mol. The Labute approximate surface area is 777 Å². The van der Waals surface area contributed by atoms with E-state index in [2.05, 4.69) is 209 Å². The van der Waals surface area contributed by atoms with E-state index in [4.69, 9.17) is 69.2 Å². The molecule has 2 atom stereocenters. The molecule has 31 heteroatoms. The second kappa shape index (κ2) is 54.3. The van der Waals surface area contributed by atoms with Crippen LogP contribution in [0, 0.1) is 16.2 Å². The number of esters is 10. The number of hydrogen-bond acceptors (Lipinski definition) is 24. The first kappa shape index (κ1) is 107. The van der Waals surface area contributed by atoms with E-state index < -0.39 is 106 Å². The number of Topliss-reactive ketones (excluding diaryl/α,β-unsaturated/α-hetero) is 2. The van der Waals surface area contributed by atoms with Gasteiger partial charge in [-0.05, 0) is 131 Å². The topological polar surface area (TPSA) is 351 Å². The number of aromatic nitrogens is 4.